The van der Waals surface area contributed by atoms with Crippen LogP contribution in [0.25, 0.3) is 0 Å². The van der Waals surface area contributed by atoms with Gasteiger partial charge in [0.2, 0.25) is 0 Å². The molecule has 1 aromatic carbocycles. The topological polar surface area (TPSA) is 67.4 Å². The molecule has 26 heavy (non-hydrogen) atoms. The highest BCUT2D eigenvalue weighted by molar-refractivity contribution is 7.17. The Morgan fingerprint density at radius 3 is 2.65 bits per heavy atom. The quantitative estimate of drug-likeness (QED) is 0.857. The van der Waals surface area contributed by atoms with Crippen LogP contribution in [0.5, 0.6) is 0 Å². The average Bonchev–Trinajstić information content (AvgIpc) is 3.33. The molecule has 2 aromatic rings. The molecule has 2 N–H and O–H groups in total. The summed E-state index contributed by atoms with van der Waals surface area (Å²) in [5.74, 6) is -0.303. The molecule has 1 aromatic heterocycles. The van der Waals surface area contributed by atoms with Gasteiger partial charge in [0.1, 0.15) is 11.1 Å². The van der Waals surface area contributed by atoms with Crippen molar-refractivity contribution in [2.24, 2.45) is 0 Å². The van der Waals surface area contributed by atoms with Crippen LogP contribution in [0.3, 0.4) is 0 Å². The van der Waals surface area contributed by atoms with Gasteiger partial charge in [0.25, 0.3) is 11.8 Å². The number of nitrogens with one attached hydrogen (secondary N) is 2. The number of thiophene rings is 1. The molecule has 136 valence electrons. The molecule has 1 aliphatic heterocycles. The van der Waals surface area contributed by atoms with Gasteiger partial charge in [0, 0.05) is 17.2 Å². The highest BCUT2D eigenvalue weighted by Crippen LogP contribution is 2.39. The van der Waals surface area contributed by atoms with Crippen LogP contribution in [0.15, 0.2) is 24.3 Å². The summed E-state index contributed by atoms with van der Waals surface area (Å²) in [5, 5.41) is 6.57. The molecule has 6 heteroatoms. The second kappa shape index (κ2) is 7.21. The van der Waals surface area contributed by atoms with E-state index in [2.05, 4.69) is 10.6 Å². The van der Waals surface area contributed by atoms with Gasteiger partial charge in [0.15, 0.2) is 0 Å². The molecule has 0 spiro atoms. The highest BCUT2D eigenvalue weighted by Gasteiger charge is 2.30. The molecule has 2 aliphatic rings. The number of carbonyl (C=O) groups excluding carboxylic acids is 2. The van der Waals surface area contributed by atoms with E-state index < -0.39 is 6.10 Å². The van der Waals surface area contributed by atoms with E-state index in [9.17, 15) is 9.59 Å². The van der Waals surface area contributed by atoms with Gasteiger partial charge in [-0.15, -0.1) is 11.3 Å². The highest BCUT2D eigenvalue weighted by atomic mass is 32.1. The van der Waals surface area contributed by atoms with Crippen molar-refractivity contribution in [3.05, 3.63) is 45.8 Å². The Kier molecular flexibility index (Phi) is 4.78. The van der Waals surface area contributed by atoms with Gasteiger partial charge in [0.05, 0.1) is 5.56 Å². The van der Waals surface area contributed by atoms with Crippen LogP contribution in [0.2, 0.25) is 0 Å². The van der Waals surface area contributed by atoms with E-state index in [4.69, 9.17) is 4.74 Å². The maximum atomic E-state index is 13.0. The summed E-state index contributed by atoms with van der Waals surface area (Å²) in [7, 11) is 0. The number of anilines is 2. The zero-order chi connectivity index (χ0) is 18.1. The van der Waals surface area contributed by atoms with Gasteiger partial charge in [-0.05, 0) is 56.7 Å². The smallest absolute Gasteiger partial charge is 0.258 e. The van der Waals surface area contributed by atoms with Crippen molar-refractivity contribution >= 4 is 33.8 Å². The van der Waals surface area contributed by atoms with Crippen LogP contribution in [0, 0.1) is 6.92 Å². The van der Waals surface area contributed by atoms with E-state index in [1.54, 1.807) is 0 Å². The Balaban J connectivity index is 1.58. The molecule has 4 rings (SSSR count). The van der Waals surface area contributed by atoms with Gasteiger partial charge in [-0.2, -0.15) is 0 Å². The second-order valence-electron chi connectivity index (χ2n) is 6.87. The first-order valence-corrected chi connectivity index (χ1v) is 9.88. The normalized spacial score (nSPS) is 18.6. The number of ether oxygens (including phenoxy) is 1. The number of benzene rings is 1. The predicted octanol–water partition coefficient (Wildman–Crippen LogP) is 3.92. The lowest BCUT2D eigenvalue weighted by atomic mass is 10.1. The maximum Gasteiger partial charge on any atom is 0.258 e. The lowest BCUT2D eigenvalue weighted by molar-refractivity contribution is -0.124. The number of amides is 2. The molecule has 0 radical (unpaired) electrons. The second-order valence-corrected chi connectivity index (χ2v) is 7.98. The SMILES string of the molecule is Cc1ccc(NC(=O)c2c(NC(=O)C3CCCO3)sc3c2CCC3)cc1. The fourth-order valence-electron chi connectivity index (χ4n) is 3.54. The summed E-state index contributed by atoms with van der Waals surface area (Å²) < 4.78 is 5.46. The largest absolute Gasteiger partial charge is 0.368 e. The third-order valence-electron chi connectivity index (χ3n) is 4.92. The van der Waals surface area contributed by atoms with E-state index >= 15 is 0 Å². The molecule has 2 heterocycles. The third-order valence-corrected chi connectivity index (χ3v) is 6.12. The number of aryl methyl sites for hydroxylation is 2. The van der Waals surface area contributed by atoms with Gasteiger partial charge in [-0.1, -0.05) is 17.7 Å². The van der Waals surface area contributed by atoms with E-state index in [1.807, 2.05) is 31.2 Å². The molecule has 0 bridgehead atoms. The molecule has 5 nitrogen and oxygen atoms in total. The molecule has 1 saturated heterocycles. The molecule has 2 amide bonds. The number of hydrogen-bond acceptors (Lipinski definition) is 4. The van der Waals surface area contributed by atoms with Crippen molar-refractivity contribution in [2.75, 3.05) is 17.2 Å². The Morgan fingerprint density at radius 2 is 1.92 bits per heavy atom. The monoisotopic (exact) mass is 370 g/mol. The molecule has 1 unspecified atom stereocenters. The van der Waals surface area contributed by atoms with Crippen molar-refractivity contribution in [1.29, 1.82) is 0 Å². The Bertz CT molecular complexity index is 835. The van der Waals surface area contributed by atoms with Crippen LogP contribution in [0.1, 0.15) is 45.6 Å². The maximum absolute atomic E-state index is 13.0. The van der Waals surface area contributed by atoms with Gasteiger partial charge in [-0.25, -0.2) is 0 Å². The fourth-order valence-corrected chi connectivity index (χ4v) is 4.83. The van der Waals surface area contributed by atoms with Crippen molar-refractivity contribution in [1.82, 2.24) is 0 Å². The Morgan fingerprint density at radius 1 is 1.12 bits per heavy atom. The minimum Gasteiger partial charge on any atom is -0.368 e. The first-order valence-electron chi connectivity index (χ1n) is 9.07. The van der Waals surface area contributed by atoms with Crippen molar-refractivity contribution in [3.63, 3.8) is 0 Å². The van der Waals surface area contributed by atoms with Crippen molar-refractivity contribution in [3.8, 4) is 0 Å². The van der Waals surface area contributed by atoms with Crippen molar-refractivity contribution in [2.45, 2.75) is 45.1 Å². The average molecular weight is 370 g/mol. The molecule has 0 saturated carbocycles. The minimum atomic E-state index is -0.403. The zero-order valence-electron chi connectivity index (χ0n) is 14.8. The minimum absolute atomic E-state index is 0.146. The molecular weight excluding hydrogens is 348 g/mol. The number of rotatable bonds is 4. The first kappa shape index (κ1) is 17.2. The zero-order valence-corrected chi connectivity index (χ0v) is 15.6. The molecule has 1 atom stereocenters. The summed E-state index contributed by atoms with van der Waals surface area (Å²) in [4.78, 5) is 26.6. The van der Waals surface area contributed by atoms with Gasteiger partial charge in [-0.3, -0.25) is 9.59 Å². The van der Waals surface area contributed by atoms with Crippen LogP contribution in [-0.4, -0.2) is 24.5 Å². The van der Waals surface area contributed by atoms with E-state index in [1.165, 1.54) is 16.2 Å². The number of fused-ring (bicyclic) bond motifs is 1. The lowest BCUT2D eigenvalue weighted by Crippen LogP contribution is -2.27. The number of carbonyl (C=O) groups is 2. The Labute approximate surface area is 156 Å². The summed E-state index contributed by atoms with van der Waals surface area (Å²) in [6, 6.07) is 7.72. The van der Waals surface area contributed by atoms with E-state index in [0.717, 1.165) is 48.9 Å². The molecular formula is C20H22N2O3S. The van der Waals surface area contributed by atoms with E-state index in [-0.39, 0.29) is 11.8 Å². The van der Waals surface area contributed by atoms with E-state index in [0.29, 0.717) is 17.2 Å². The lowest BCUT2D eigenvalue weighted by Gasteiger charge is -2.12. The summed E-state index contributed by atoms with van der Waals surface area (Å²) in [6.45, 7) is 2.63. The molecule has 1 aliphatic carbocycles. The predicted molar refractivity (Wildman–Crippen MR) is 103 cm³/mol. The summed E-state index contributed by atoms with van der Waals surface area (Å²) in [6.07, 6.45) is 4.16. The first-order chi connectivity index (χ1) is 12.6. The van der Waals surface area contributed by atoms with Gasteiger partial charge < -0.3 is 15.4 Å². The van der Waals surface area contributed by atoms with Crippen LogP contribution in [0.4, 0.5) is 10.7 Å². The standard InChI is InChI=1S/C20H22N2O3S/c1-12-7-9-13(10-8-12)21-19(24)17-14-4-2-6-16(14)26-20(17)22-18(23)15-5-3-11-25-15/h7-10,15H,2-6,11H2,1H3,(H,21,24)(H,22,23). The van der Waals surface area contributed by atoms with Crippen LogP contribution in [-0.2, 0) is 22.4 Å². The van der Waals surface area contributed by atoms with Gasteiger partial charge >= 0.3 is 0 Å². The van der Waals surface area contributed by atoms with Crippen LogP contribution >= 0.6 is 11.3 Å². The molecule has 1 fully saturated rings. The van der Waals surface area contributed by atoms with Crippen molar-refractivity contribution < 1.29 is 14.3 Å². The van der Waals surface area contributed by atoms with Crippen LogP contribution < -0.4 is 10.6 Å². The summed E-state index contributed by atoms with van der Waals surface area (Å²) >= 11 is 1.53. The fraction of sp³-hybridized carbons (Fsp3) is 0.400. The summed E-state index contributed by atoms with van der Waals surface area (Å²) in [5.41, 5.74) is 3.61. The number of hydrogen-bond donors (Lipinski definition) is 2. The third kappa shape index (κ3) is 3.39. The Hall–Kier alpha value is -2.18.